The van der Waals surface area contributed by atoms with Crippen LogP contribution in [-0.4, -0.2) is 75.4 Å². The van der Waals surface area contributed by atoms with Crippen molar-refractivity contribution in [2.45, 2.75) is 38.5 Å². The first-order valence-electron chi connectivity index (χ1n) is 12.7. The van der Waals surface area contributed by atoms with Crippen molar-refractivity contribution in [2.75, 3.05) is 36.0 Å². The topological polar surface area (TPSA) is 138 Å². The first-order chi connectivity index (χ1) is 19.0. The van der Waals surface area contributed by atoms with Crippen LogP contribution in [0.2, 0.25) is 0 Å². The van der Waals surface area contributed by atoms with Gasteiger partial charge in [0.25, 0.3) is 5.91 Å². The van der Waals surface area contributed by atoms with E-state index in [4.69, 9.17) is 4.74 Å². The molecule has 2 N–H and O–H groups in total. The summed E-state index contributed by atoms with van der Waals surface area (Å²) in [5, 5.41) is 6.42. The lowest BCUT2D eigenvalue weighted by Crippen LogP contribution is -2.60. The standard InChI is InChI=1S/C28H33N5O6S.ClH/c1-17(29-3)27(35)31-26-18(2)33(25(34)16-40(5,37)38)23-13-9-8-12-22(23)32(28(26)36)15-20-19-10-6-7-11-21(19)30-14-24(20)39-4;/h6-14,17-18,26,29H,15-16H2,1-5H3,(H,31,35);1H/t17?,18-,26-;/m0./s1. The van der Waals surface area contributed by atoms with Gasteiger partial charge in [-0.2, -0.15) is 0 Å². The van der Waals surface area contributed by atoms with E-state index in [2.05, 4.69) is 15.6 Å². The van der Waals surface area contributed by atoms with Crippen molar-refractivity contribution in [3.8, 4) is 5.75 Å². The maximum Gasteiger partial charge on any atom is 0.252 e. The lowest BCUT2D eigenvalue weighted by atomic mass is 10.0. The summed E-state index contributed by atoms with van der Waals surface area (Å²) in [4.78, 5) is 48.0. The van der Waals surface area contributed by atoms with E-state index in [-0.39, 0.29) is 19.0 Å². The fourth-order valence-electron chi connectivity index (χ4n) is 4.84. The number of ether oxygens (including phenoxy) is 1. The van der Waals surface area contributed by atoms with Gasteiger partial charge >= 0.3 is 0 Å². The lowest BCUT2D eigenvalue weighted by molar-refractivity contribution is -0.129. The Bertz CT molecular complexity index is 1570. The third-order valence-corrected chi connectivity index (χ3v) is 7.79. The van der Waals surface area contributed by atoms with Crippen LogP contribution in [0.3, 0.4) is 0 Å². The van der Waals surface area contributed by atoms with Crippen molar-refractivity contribution in [2.24, 2.45) is 0 Å². The molecule has 1 aliphatic rings. The highest BCUT2D eigenvalue weighted by molar-refractivity contribution is 7.91. The Morgan fingerprint density at radius 2 is 1.73 bits per heavy atom. The third-order valence-electron chi connectivity index (χ3n) is 7.02. The molecule has 13 heteroatoms. The van der Waals surface area contributed by atoms with E-state index in [1.165, 1.54) is 16.9 Å². The van der Waals surface area contributed by atoms with Gasteiger partial charge in [-0.05, 0) is 39.1 Å². The van der Waals surface area contributed by atoms with Crippen LogP contribution in [0.4, 0.5) is 11.4 Å². The van der Waals surface area contributed by atoms with Crippen molar-refractivity contribution < 1.29 is 27.5 Å². The van der Waals surface area contributed by atoms with Crippen molar-refractivity contribution in [3.63, 3.8) is 0 Å². The average Bonchev–Trinajstić information content (AvgIpc) is 3.00. The number of likely N-dealkylation sites (N-methyl/N-ethyl adjacent to an activating group) is 1. The van der Waals surface area contributed by atoms with Crippen molar-refractivity contribution >= 4 is 62.2 Å². The van der Waals surface area contributed by atoms with Crippen LogP contribution in [0.5, 0.6) is 5.75 Å². The molecule has 220 valence electrons. The van der Waals surface area contributed by atoms with E-state index in [1.807, 2.05) is 24.3 Å². The van der Waals surface area contributed by atoms with Gasteiger partial charge in [0, 0.05) is 17.2 Å². The van der Waals surface area contributed by atoms with Gasteiger partial charge in [0.15, 0.2) is 9.84 Å². The van der Waals surface area contributed by atoms with Crippen molar-refractivity contribution in [1.29, 1.82) is 0 Å². The van der Waals surface area contributed by atoms with Gasteiger partial charge in [0.1, 0.15) is 17.5 Å². The number of anilines is 2. The predicted molar refractivity (Wildman–Crippen MR) is 160 cm³/mol. The molecule has 3 atom stereocenters. The van der Waals surface area contributed by atoms with Crippen LogP contribution in [0.25, 0.3) is 10.9 Å². The summed E-state index contributed by atoms with van der Waals surface area (Å²) in [6, 6.07) is 11.5. The van der Waals surface area contributed by atoms with Crippen LogP contribution in [-0.2, 0) is 30.8 Å². The number of hydrogen-bond donors (Lipinski definition) is 2. The number of fused-ring (bicyclic) bond motifs is 2. The zero-order chi connectivity index (χ0) is 29.2. The molecule has 41 heavy (non-hydrogen) atoms. The first kappa shape index (κ1) is 31.8. The number of nitrogens with one attached hydrogen (secondary N) is 2. The minimum atomic E-state index is -3.69. The lowest BCUT2D eigenvalue weighted by Gasteiger charge is -2.32. The number of nitrogens with zero attached hydrogens (tertiary/aromatic N) is 3. The summed E-state index contributed by atoms with van der Waals surface area (Å²) < 4.78 is 29.8. The Morgan fingerprint density at radius 1 is 1.10 bits per heavy atom. The number of carbonyl (C=O) groups excluding carboxylic acids is 3. The molecule has 2 aromatic carbocycles. The fraction of sp³-hybridized carbons (Fsp3) is 0.357. The average molecular weight is 604 g/mol. The number of halogens is 1. The molecule has 0 bridgehead atoms. The SMILES string of the molecule is CNC(C)C(=O)N[C@@H]1C(=O)N(Cc2c(OC)cnc3ccccc23)c2ccccc2N(C(=O)CS(C)(=O)=O)[C@H]1C.Cl. The normalized spacial score (nSPS) is 17.7. The molecule has 0 aliphatic carbocycles. The number of aromatic nitrogens is 1. The van der Waals surface area contributed by atoms with Gasteiger partial charge in [-0.25, -0.2) is 8.42 Å². The molecule has 3 aromatic rings. The number of para-hydroxylation sites is 3. The Balaban J connectivity index is 0.00000462. The Labute approximate surface area is 245 Å². The van der Waals surface area contributed by atoms with Gasteiger partial charge in [0.2, 0.25) is 11.8 Å². The predicted octanol–water partition coefficient (Wildman–Crippen LogP) is 2.07. The number of rotatable bonds is 8. The zero-order valence-electron chi connectivity index (χ0n) is 23.5. The van der Waals surface area contributed by atoms with Gasteiger partial charge in [-0.1, -0.05) is 30.3 Å². The van der Waals surface area contributed by atoms with E-state index in [9.17, 15) is 22.8 Å². The first-order valence-corrected chi connectivity index (χ1v) is 14.8. The second-order valence-electron chi connectivity index (χ2n) is 9.81. The fourth-order valence-corrected chi connectivity index (χ4v) is 5.43. The van der Waals surface area contributed by atoms with Crippen LogP contribution >= 0.6 is 12.4 Å². The smallest absolute Gasteiger partial charge is 0.252 e. The largest absolute Gasteiger partial charge is 0.495 e. The molecule has 0 saturated heterocycles. The molecule has 11 nitrogen and oxygen atoms in total. The molecule has 0 saturated carbocycles. The summed E-state index contributed by atoms with van der Waals surface area (Å²) in [6.45, 7) is 3.31. The van der Waals surface area contributed by atoms with E-state index in [0.29, 0.717) is 28.2 Å². The maximum absolute atomic E-state index is 14.3. The number of methoxy groups -OCH3 is 1. The molecule has 1 unspecified atom stereocenters. The molecule has 3 amide bonds. The molecule has 1 aliphatic heterocycles. The number of hydrogen-bond acceptors (Lipinski definition) is 8. The quantitative estimate of drug-likeness (QED) is 0.399. The molecular formula is C28H34ClN5O6S. The second-order valence-corrected chi connectivity index (χ2v) is 11.9. The second kappa shape index (κ2) is 12.8. The Hall–Kier alpha value is -3.74. The molecule has 1 aromatic heterocycles. The molecule has 4 rings (SSSR count). The van der Waals surface area contributed by atoms with E-state index < -0.39 is 51.4 Å². The van der Waals surface area contributed by atoms with Crippen molar-refractivity contribution in [1.82, 2.24) is 15.6 Å². The van der Waals surface area contributed by atoms with Gasteiger partial charge in [-0.15, -0.1) is 12.4 Å². The third kappa shape index (κ3) is 6.61. The van der Waals surface area contributed by atoms with Crippen LogP contribution in [0.1, 0.15) is 19.4 Å². The molecule has 0 spiro atoms. The number of carbonyl (C=O) groups is 3. The maximum atomic E-state index is 14.3. The number of pyridine rings is 1. The Kier molecular flexibility index (Phi) is 9.95. The highest BCUT2D eigenvalue weighted by Gasteiger charge is 2.43. The summed E-state index contributed by atoms with van der Waals surface area (Å²) in [7, 11) is -0.552. The van der Waals surface area contributed by atoms with E-state index in [0.717, 1.165) is 11.6 Å². The van der Waals surface area contributed by atoms with Gasteiger partial charge in [0.05, 0.1) is 48.8 Å². The number of benzene rings is 2. The molecule has 0 fully saturated rings. The molecular weight excluding hydrogens is 570 g/mol. The monoisotopic (exact) mass is 603 g/mol. The van der Waals surface area contributed by atoms with Crippen LogP contribution in [0.15, 0.2) is 54.7 Å². The van der Waals surface area contributed by atoms with Gasteiger partial charge < -0.3 is 25.2 Å². The number of amides is 3. The summed E-state index contributed by atoms with van der Waals surface area (Å²) in [5.41, 5.74) is 2.14. The Morgan fingerprint density at radius 3 is 2.37 bits per heavy atom. The summed E-state index contributed by atoms with van der Waals surface area (Å²) in [5.74, 6) is -1.90. The highest BCUT2D eigenvalue weighted by Crippen LogP contribution is 2.38. The minimum Gasteiger partial charge on any atom is -0.495 e. The van der Waals surface area contributed by atoms with E-state index in [1.54, 1.807) is 51.4 Å². The number of sulfone groups is 1. The van der Waals surface area contributed by atoms with Crippen LogP contribution < -0.4 is 25.2 Å². The van der Waals surface area contributed by atoms with E-state index >= 15 is 0 Å². The summed E-state index contributed by atoms with van der Waals surface area (Å²) in [6.07, 6.45) is 2.57. The summed E-state index contributed by atoms with van der Waals surface area (Å²) >= 11 is 0. The van der Waals surface area contributed by atoms with Gasteiger partial charge in [-0.3, -0.25) is 19.4 Å². The minimum absolute atomic E-state index is 0. The van der Waals surface area contributed by atoms with Crippen molar-refractivity contribution in [3.05, 3.63) is 60.3 Å². The zero-order valence-corrected chi connectivity index (χ0v) is 25.1. The highest BCUT2D eigenvalue weighted by atomic mass is 35.5. The molecule has 2 heterocycles. The molecule has 0 radical (unpaired) electrons. The van der Waals surface area contributed by atoms with Crippen LogP contribution in [0, 0.1) is 0 Å².